The number of likely N-dealkylation sites (tertiary alicyclic amines) is 2. The molecule has 13 heavy (non-hydrogen) atoms. The highest BCUT2D eigenvalue weighted by Gasteiger charge is 2.17. The SMILES string of the molecule is CN1CC(N)C1.CN1CCCCC1. The van der Waals surface area contributed by atoms with Crippen LogP contribution in [0.2, 0.25) is 0 Å². The molecule has 0 aliphatic carbocycles. The molecule has 3 nitrogen and oxygen atoms in total. The van der Waals surface area contributed by atoms with Gasteiger partial charge in [-0.3, -0.25) is 0 Å². The van der Waals surface area contributed by atoms with Gasteiger partial charge in [0.1, 0.15) is 0 Å². The van der Waals surface area contributed by atoms with E-state index >= 15 is 0 Å². The number of nitrogens with two attached hydrogens (primary N) is 1. The minimum absolute atomic E-state index is 0.468. The van der Waals surface area contributed by atoms with Crippen molar-refractivity contribution in [1.29, 1.82) is 0 Å². The van der Waals surface area contributed by atoms with Crippen LogP contribution in [0.25, 0.3) is 0 Å². The van der Waals surface area contributed by atoms with E-state index in [4.69, 9.17) is 5.73 Å². The molecule has 0 saturated carbocycles. The van der Waals surface area contributed by atoms with Crippen LogP contribution in [-0.4, -0.2) is 56.1 Å². The summed E-state index contributed by atoms with van der Waals surface area (Å²) in [6, 6.07) is 0.468. The molecule has 2 aliphatic heterocycles. The first kappa shape index (κ1) is 11.0. The highest BCUT2D eigenvalue weighted by molar-refractivity contribution is 4.78. The predicted octanol–water partition coefficient (Wildman–Crippen LogP) is 0.361. The van der Waals surface area contributed by atoms with Crippen molar-refractivity contribution in [3.63, 3.8) is 0 Å². The van der Waals surface area contributed by atoms with Crippen molar-refractivity contribution in [2.24, 2.45) is 5.73 Å². The minimum atomic E-state index is 0.468. The summed E-state index contributed by atoms with van der Waals surface area (Å²) in [7, 11) is 4.27. The molecule has 0 aromatic rings. The molecule has 2 N–H and O–H groups in total. The molecule has 2 aliphatic rings. The Labute approximate surface area is 81.9 Å². The van der Waals surface area contributed by atoms with Crippen molar-refractivity contribution in [2.45, 2.75) is 25.3 Å². The van der Waals surface area contributed by atoms with E-state index in [0.717, 1.165) is 13.1 Å². The summed E-state index contributed by atoms with van der Waals surface area (Å²) in [5.74, 6) is 0. The van der Waals surface area contributed by atoms with E-state index < -0.39 is 0 Å². The lowest BCUT2D eigenvalue weighted by molar-refractivity contribution is 0.192. The summed E-state index contributed by atoms with van der Waals surface area (Å²) in [5.41, 5.74) is 5.43. The predicted molar refractivity (Wildman–Crippen MR) is 56.8 cm³/mol. The highest BCUT2D eigenvalue weighted by atomic mass is 15.2. The molecule has 0 bridgehead atoms. The molecule has 2 heterocycles. The molecule has 0 spiro atoms. The van der Waals surface area contributed by atoms with Crippen molar-refractivity contribution >= 4 is 0 Å². The Morgan fingerprint density at radius 2 is 1.46 bits per heavy atom. The molecule has 0 atom stereocenters. The first-order chi connectivity index (χ1) is 6.18. The topological polar surface area (TPSA) is 32.5 Å². The quantitative estimate of drug-likeness (QED) is 0.591. The number of hydrogen-bond acceptors (Lipinski definition) is 3. The van der Waals surface area contributed by atoms with E-state index in [0.29, 0.717) is 6.04 Å². The van der Waals surface area contributed by atoms with E-state index in [2.05, 4.69) is 23.9 Å². The lowest BCUT2D eigenvalue weighted by atomic mass is 10.1. The Hall–Kier alpha value is -0.120. The molecule has 0 aromatic heterocycles. The Kier molecular flexibility index (Phi) is 4.70. The summed E-state index contributed by atoms with van der Waals surface area (Å²) in [4.78, 5) is 4.59. The normalized spacial score (nSPS) is 26.1. The number of likely N-dealkylation sites (N-methyl/N-ethyl adjacent to an activating group) is 1. The van der Waals surface area contributed by atoms with Crippen molar-refractivity contribution in [3.8, 4) is 0 Å². The summed E-state index contributed by atoms with van der Waals surface area (Å²) < 4.78 is 0. The van der Waals surface area contributed by atoms with Crippen molar-refractivity contribution in [1.82, 2.24) is 9.80 Å². The van der Waals surface area contributed by atoms with Gasteiger partial charge in [0.15, 0.2) is 0 Å². The van der Waals surface area contributed by atoms with Crippen molar-refractivity contribution in [2.75, 3.05) is 40.3 Å². The Morgan fingerprint density at radius 1 is 0.923 bits per heavy atom. The average Bonchev–Trinajstić information content (AvgIpc) is 2.05. The monoisotopic (exact) mass is 185 g/mol. The van der Waals surface area contributed by atoms with Gasteiger partial charge in [-0.05, 0) is 40.0 Å². The molecular formula is C10H23N3. The van der Waals surface area contributed by atoms with Crippen LogP contribution in [0.3, 0.4) is 0 Å². The van der Waals surface area contributed by atoms with Crippen LogP contribution in [-0.2, 0) is 0 Å². The molecule has 2 saturated heterocycles. The van der Waals surface area contributed by atoms with Gasteiger partial charge in [-0.15, -0.1) is 0 Å². The number of piperidine rings is 1. The third-order valence-electron chi connectivity index (χ3n) is 2.67. The van der Waals surface area contributed by atoms with E-state index in [-0.39, 0.29) is 0 Å². The average molecular weight is 185 g/mol. The molecule has 0 amide bonds. The number of hydrogen-bond donors (Lipinski definition) is 1. The minimum Gasteiger partial charge on any atom is -0.325 e. The van der Waals surface area contributed by atoms with Gasteiger partial charge in [-0.25, -0.2) is 0 Å². The Balaban J connectivity index is 0.000000132. The number of rotatable bonds is 0. The summed E-state index contributed by atoms with van der Waals surface area (Å²) in [5, 5.41) is 0. The van der Waals surface area contributed by atoms with Crippen LogP contribution >= 0.6 is 0 Å². The van der Waals surface area contributed by atoms with Crippen LogP contribution in [0, 0.1) is 0 Å². The second-order valence-electron chi connectivity index (χ2n) is 4.35. The second-order valence-corrected chi connectivity index (χ2v) is 4.35. The van der Waals surface area contributed by atoms with Gasteiger partial charge in [-0.2, -0.15) is 0 Å². The fourth-order valence-corrected chi connectivity index (χ4v) is 1.80. The molecule has 0 aromatic carbocycles. The smallest absolute Gasteiger partial charge is 0.0297 e. The molecular weight excluding hydrogens is 162 g/mol. The zero-order chi connectivity index (χ0) is 9.68. The van der Waals surface area contributed by atoms with E-state index in [9.17, 15) is 0 Å². The summed E-state index contributed by atoms with van der Waals surface area (Å²) in [6.07, 6.45) is 4.28. The molecule has 0 radical (unpaired) electrons. The summed E-state index contributed by atoms with van der Waals surface area (Å²) in [6.45, 7) is 4.81. The van der Waals surface area contributed by atoms with E-state index in [1.54, 1.807) is 0 Å². The lowest BCUT2D eigenvalue weighted by Gasteiger charge is -2.32. The zero-order valence-electron chi connectivity index (χ0n) is 9.00. The van der Waals surface area contributed by atoms with Crippen LogP contribution in [0.4, 0.5) is 0 Å². The number of nitrogens with zero attached hydrogens (tertiary/aromatic N) is 2. The highest BCUT2D eigenvalue weighted by Crippen LogP contribution is 2.04. The van der Waals surface area contributed by atoms with Gasteiger partial charge < -0.3 is 15.5 Å². The van der Waals surface area contributed by atoms with Gasteiger partial charge in [0, 0.05) is 19.1 Å². The largest absolute Gasteiger partial charge is 0.325 e. The molecule has 3 heteroatoms. The van der Waals surface area contributed by atoms with Gasteiger partial charge in [0.25, 0.3) is 0 Å². The maximum absolute atomic E-state index is 5.43. The van der Waals surface area contributed by atoms with Gasteiger partial charge in [0.2, 0.25) is 0 Å². The fourth-order valence-electron chi connectivity index (χ4n) is 1.80. The van der Waals surface area contributed by atoms with Crippen molar-refractivity contribution < 1.29 is 0 Å². The molecule has 2 rings (SSSR count). The maximum atomic E-state index is 5.43. The third-order valence-corrected chi connectivity index (χ3v) is 2.67. The lowest BCUT2D eigenvalue weighted by Crippen LogP contribution is -2.53. The first-order valence-corrected chi connectivity index (χ1v) is 5.31. The van der Waals surface area contributed by atoms with Gasteiger partial charge >= 0.3 is 0 Å². The van der Waals surface area contributed by atoms with Gasteiger partial charge in [0.05, 0.1) is 0 Å². The molecule has 0 unspecified atom stereocenters. The Bertz CT molecular complexity index is 120. The molecule has 78 valence electrons. The summed E-state index contributed by atoms with van der Waals surface area (Å²) >= 11 is 0. The van der Waals surface area contributed by atoms with Crippen LogP contribution < -0.4 is 5.73 Å². The van der Waals surface area contributed by atoms with E-state index in [1.807, 2.05) is 0 Å². The fraction of sp³-hybridized carbons (Fsp3) is 1.00. The maximum Gasteiger partial charge on any atom is 0.0297 e. The standard InChI is InChI=1S/C6H13N.C4H10N2/c1-7-5-3-2-4-6-7;1-6-2-4(5)3-6/h2-6H2,1H3;4H,2-3,5H2,1H3. The van der Waals surface area contributed by atoms with Gasteiger partial charge in [-0.1, -0.05) is 6.42 Å². The second kappa shape index (κ2) is 5.58. The first-order valence-electron chi connectivity index (χ1n) is 5.31. The molecule has 2 fully saturated rings. The zero-order valence-corrected chi connectivity index (χ0v) is 9.00. The van der Waals surface area contributed by atoms with Crippen molar-refractivity contribution in [3.05, 3.63) is 0 Å². The third kappa shape index (κ3) is 4.60. The Morgan fingerprint density at radius 3 is 1.62 bits per heavy atom. The van der Waals surface area contributed by atoms with Crippen LogP contribution in [0.15, 0.2) is 0 Å². The van der Waals surface area contributed by atoms with Crippen LogP contribution in [0.5, 0.6) is 0 Å². The van der Waals surface area contributed by atoms with Crippen LogP contribution in [0.1, 0.15) is 19.3 Å². The van der Waals surface area contributed by atoms with E-state index in [1.165, 1.54) is 32.4 Å².